The fourth-order valence-corrected chi connectivity index (χ4v) is 3.35. The zero-order valence-electron chi connectivity index (χ0n) is 14.2. The first-order chi connectivity index (χ1) is 12.7. The number of nitrogens with zero attached hydrogens (tertiary/aromatic N) is 2. The Hall–Kier alpha value is -2.99. The third kappa shape index (κ3) is 3.81. The van der Waals surface area contributed by atoms with Gasteiger partial charge in [-0.1, -0.05) is 24.3 Å². The maximum atomic E-state index is 12.3. The van der Waals surface area contributed by atoms with Crippen molar-refractivity contribution in [1.82, 2.24) is 4.98 Å². The molecule has 4 rings (SSSR count). The monoisotopic (exact) mass is 363 g/mol. The Morgan fingerprint density at radius 2 is 1.81 bits per heavy atom. The maximum Gasteiger partial charge on any atom is 0.230 e. The lowest BCUT2D eigenvalue weighted by Gasteiger charge is -2.03. The molecule has 0 radical (unpaired) electrons. The predicted octanol–water partition coefficient (Wildman–Crippen LogP) is 3.80. The van der Waals surface area contributed by atoms with Crippen LogP contribution in [0, 0.1) is 0 Å². The van der Waals surface area contributed by atoms with Gasteiger partial charge in [0.1, 0.15) is 5.75 Å². The molecule has 1 aromatic heterocycles. The van der Waals surface area contributed by atoms with E-state index < -0.39 is 0 Å². The van der Waals surface area contributed by atoms with Gasteiger partial charge in [-0.25, -0.2) is 4.98 Å². The van der Waals surface area contributed by atoms with Crippen LogP contribution in [0.15, 0.2) is 58.9 Å². The van der Waals surface area contributed by atoms with E-state index in [1.165, 1.54) is 11.3 Å². The van der Waals surface area contributed by atoms with E-state index in [4.69, 9.17) is 4.74 Å². The number of ether oxygens (including phenoxy) is 1. The topological polar surface area (TPSA) is 63.6 Å². The Morgan fingerprint density at radius 1 is 1.12 bits per heavy atom. The summed E-state index contributed by atoms with van der Waals surface area (Å²) in [7, 11) is 1.64. The lowest BCUT2D eigenvalue weighted by atomic mass is 10.1. The molecule has 0 saturated carbocycles. The van der Waals surface area contributed by atoms with Crippen molar-refractivity contribution in [2.24, 2.45) is 4.99 Å². The van der Waals surface area contributed by atoms with Gasteiger partial charge in [-0.05, 0) is 35.4 Å². The van der Waals surface area contributed by atoms with E-state index >= 15 is 0 Å². The lowest BCUT2D eigenvalue weighted by Crippen LogP contribution is -2.14. The van der Waals surface area contributed by atoms with Crippen molar-refractivity contribution in [3.05, 3.63) is 65.0 Å². The average molecular weight is 363 g/mol. The molecule has 0 atom stereocenters. The van der Waals surface area contributed by atoms with E-state index in [9.17, 15) is 4.79 Å². The second kappa shape index (κ2) is 7.09. The van der Waals surface area contributed by atoms with Gasteiger partial charge in [-0.15, -0.1) is 11.3 Å². The first-order valence-electron chi connectivity index (χ1n) is 8.24. The van der Waals surface area contributed by atoms with E-state index in [-0.39, 0.29) is 5.91 Å². The first-order valence-corrected chi connectivity index (χ1v) is 9.12. The van der Waals surface area contributed by atoms with E-state index in [1.54, 1.807) is 7.11 Å². The number of anilines is 1. The molecule has 0 saturated heterocycles. The zero-order chi connectivity index (χ0) is 17.9. The van der Waals surface area contributed by atoms with Crippen LogP contribution in [0.2, 0.25) is 0 Å². The fourth-order valence-electron chi connectivity index (χ4n) is 2.61. The highest BCUT2D eigenvalue weighted by Gasteiger charge is 2.13. The van der Waals surface area contributed by atoms with E-state index in [0.29, 0.717) is 11.6 Å². The molecule has 3 aromatic rings. The van der Waals surface area contributed by atoms with Gasteiger partial charge in [-0.2, -0.15) is 0 Å². The summed E-state index contributed by atoms with van der Waals surface area (Å²) in [5, 5.41) is 5.41. The highest BCUT2D eigenvalue weighted by Crippen LogP contribution is 2.26. The number of aliphatic imine (C=N–C) groups is 1. The molecular weight excluding hydrogens is 346 g/mol. The minimum absolute atomic E-state index is 0.0721. The standard InChI is InChI=1S/C20H17N3O2S/c1-25-16-8-6-15(7-9-16)18-12-26-20(22-18)23-19(24)10-13-2-4-14(5-3-13)17-11-21-17/h2-9,12H,10-11H2,1H3,(H,22,23,24). The number of aromatic nitrogens is 1. The average Bonchev–Trinajstić information content (AvgIpc) is 3.42. The van der Waals surface area contributed by atoms with Crippen molar-refractivity contribution in [3.63, 3.8) is 0 Å². The van der Waals surface area contributed by atoms with Crippen LogP contribution >= 0.6 is 11.3 Å². The highest BCUT2D eigenvalue weighted by atomic mass is 32.1. The Bertz CT molecular complexity index is 959. The number of hydrogen-bond donors (Lipinski definition) is 1. The minimum Gasteiger partial charge on any atom is -0.497 e. The quantitative estimate of drug-likeness (QED) is 0.724. The van der Waals surface area contributed by atoms with Gasteiger partial charge >= 0.3 is 0 Å². The zero-order valence-corrected chi connectivity index (χ0v) is 15.0. The van der Waals surface area contributed by atoms with Crippen molar-refractivity contribution in [1.29, 1.82) is 0 Å². The van der Waals surface area contributed by atoms with Crippen LogP contribution < -0.4 is 10.1 Å². The highest BCUT2D eigenvalue weighted by molar-refractivity contribution is 7.14. The molecule has 1 N–H and O–H groups in total. The Morgan fingerprint density at radius 3 is 2.46 bits per heavy atom. The molecule has 2 heterocycles. The minimum atomic E-state index is -0.0721. The van der Waals surface area contributed by atoms with Crippen molar-refractivity contribution in [3.8, 4) is 17.0 Å². The second-order valence-corrected chi connectivity index (χ2v) is 6.81. The smallest absolute Gasteiger partial charge is 0.230 e. The van der Waals surface area contributed by atoms with Crippen LogP contribution in [0.3, 0.4) is 0 Å². The third-order valence-electron chi connectivity index (χ3n) is 4.10. The summed E-state index contributed by atoms with van der Waals surface area (Å²) in [5.74, 6) is 0.731. The molecule has 0 unspecified atom stereocenters. The fraction of sp³-hybridized carbons (Fsp3) is 0.150. The maximum absolute atomic E-state index is 12.3. The molecule has 0 bridgehead atoms. The summed E-state index contributed by atoms with van der Waals surface area (Å²) < 4.78 is 5.16. The molecular formula is C20H17N3O2S. The van der Waals surface area contributed by atoms with E-state index in [2.05, 4.69) is 15.3 Å². The van der Waals surface area contributed by atoms with Crippen LogP contribution in [-0.2, 0) is 11.2 Å². The van der Waals surface area contributed by atoms with Crippen LogP contribution in [0.4, 0.5) is 5.13 Å². The summed E-state index contributed by atoms with van der Waals surface area (Å²) in [4.78, 5) is 20.9. The van der Waals surface area contributed by atoms with Gasteiger partial charge in [-0.3, -0.25) is 9.79 Å². The molecule has 1 aliphatic rings. The van der Waals surface area contributed by atoms with Gasteiger partial charge in [0, 0.05) is 10.9 Å². The molecule has 26 heavy (non-hydrogen) atoms. The molecule has 130 valence electrons. The molecule has 5 nitrogen and oxygen atoms in total. The Kier molecular flexibility index (Phi) is 4.50. The number of benzene rings is 2. The predicted molar refractivity (Wildman–Crippen MR) is 104 cm³/mol. The summed E-state index contributed by atoms with van der Waals surface area (Å²) in [6, 6.07) is 15.7. The van der Waals surface area contributed by atoms with Crippen molar-refractivity contribution in [2.45, 2.75) is 6.42 Å². The number of thiazole rings is 1. The summed E-state index contributed by atoms with van der Waals surface area (Å²) in [5.41, 5.74) is 5.07. The largest absolute Gasteiger partial charge is 0.497 e. The molecule has 1 aliphatic heterocycles. The second-order valence-electron chi connectivity index (χ2n) is 5.95. The van der Waals surface area contributed by atoms with E-state index in [1.807, 2.05) is 53.9 Å². The lowest BCUT2D eigenvalue weighted by molar-refractivity contribution is -0.115. The third-order valence-corrected chi connectivity index (χ3v) is 4.86. The van der Waals surface area contributed by atoms with Gasteiger partial charge < -0.3 is 10.1 Å². The number of amides is 1. The number of carbonyl (C=O) groups excluding carboxylic acids is 1. The number of nitrogens with one attached hydrogen (secondary N) is 1. The molecule has 0 aliphatic carbocycles. The van der Waals surface area contributed by atoms with Crippen molar-refractivity contribution in [2.75, 3.05) is 19.0 Å². The van der Waals surface area contributed by atoms with Crippen LogP contribution in [-0.4, -0.2) is 30.3 Å². The Labute approximate surface area is 155 Å². The molecule has 1 amide bonds. The van der Waals surface area contributed by atoms with Crippen molar-refractivity contribution >= 4 is 28.1 Å². The van der Waals surface area contributed by atoms with Gasteiger partial charge in [0.05, 0.1) is 31.5 Å². The number of carbonyl (C=O) groups is 1. The summed E-state index contributed by atoms with van der Waals surface area (Å²) >= 11 is 1.42. The molecule has 2 aromatic carbocycles. The number of methoxy groups -OCH3 is 1. The van der Waals surface area contributed by atoms with Crippen molar-refractivity contribution < 1.29 is 9.53 Å². The SMILES string of the molecule is COc1ccc(-c2csc(NC(=O)Cc3ccc(C4=NC4)cc3)n2)cc1. The van der Waals surface area contributed by atoms with Gasteiger partial charge in [0.2, 0.25) is 5.91 Å². The normalized spacial score (nSPS) is 12.4. The molecule has 6 heteroatoms. The molecule has 0 spiro atoms. The first kappa shape index (κ1) is 16.5. The summed E-state index contributed by atoms with van der Waals surface area (Å²) in [6.07, 6.45) is 0.324. The van der Waals surface area contributed by atoms with Crippen LogP contribution in [0.5, 0.6) is 5.75 Å². The molecule has 0 fully saturated rings. The number of rotatable bonds is 6. The van der Waals surface area contributed by atoms with E-state index in [0.717, 1.165) is 40.4 Å². The number of hydrogen-bond acceptors (Lipinski definition) is 5. The van der Waals surface area contributed by atoms with Gasteiger partial charge in [0.15, 0.2) is 5.13 Å². The summed E-state index contributed by atoms with van der Waals surface area (Å²) in [6.45, 7) is 0.834. The van der Waals surface area contributed by atoms with Crippen LogP contribution in [0.1, 0.15) is 11.1 Å². The Balaban J connectivity index is 1.38. The van der Waals surface area contributed by atoms with Crippen LogP contribution in [0.25, 0.3) is 11.3 Å². The van der Waals surface area contributed by atoms with Gasteiger partial charge in [0.25, 0.3) is 0 Å².